The molecule has 1 aromatic carbocycles. The number of hydrogen-bond acceptors (Lipinski definition) is 4. The van der Waals surface area contributed by atoms with E-state index in [4.69, 9.17) is 4.74 Å². The number of aromatic nitrogens is 2. The van der Waals surface area contributed by atoms with Crippen LogP contribution in [0.25, 0.3) is 11.3 Å². The van der Waals surface area contributed by atoms with Gasteiger partial charge >= 0.3 is 0 Å². The first-order valence-electron chi connectivity index (χ1n) is 7.62. The summed E-state index contributed by atoms with van der Waals surface area (Å²) in [7, 11) is 0. The fourth-order valence-electron chi connectivity index (χ4n) is 3.59. The van der Waals surface area contributed by atoms with Gasteiger partial charge in [-0.2, -0.15) is 0 Å². The summed E-state index contributed by atoms with van der Waals surface area (Å²) < 4.78 is 6.20. The van der Waals surface area contributed by atoms with Gasteiger partial charge in [0.2, 0.25) is 0 Å². The molecule has 0 spiro atoms. The van der Waals surface area contributed by atoms with E-state index in [9.17, 15) is 0 Å². The van der Waals surface area contributed by atoms with Crippen molar-refractivity contribution in [2.45, 2.75) is 18.9 Å². The zero-order chi connectivity index (χ0) is 14.1. The Balaban J connectivity index is 1.49. The number of hydrogen-bond donors (Lipinski definition) is 1. The van der Waals surface area contributed by atoms with E-state index in [-0.39, 0.29) is 0 Å². The van der Waals surface area contributed by atoms with Crippen molar-refractivity contribution in [3.8, 4) is 17.0 Å². The molecule has 1 aliphatic heterocycles. The first-order valence-corrected chi connectivity index (χ1v) is 7.62. The zero-order valence-electron chi connectivity index (χ0n) is 11.9. The predicted molar refractivity (Wildman–Crippen MR) is 81.0 cm³/mol. The minimum atomic E-state index is 0.364. The van der Waals surface area contributed by atoms with Crippen LogP contribution in [0.15, 0.2) is 42.9 Å². The van der Waals surface area contributed by atoms with Crippen molar-refractivity contribution in [2.75, 3.05) is 13.1 Å². The van der Waals surface area contributed by atoms with Gasteiger partial charge in [-0.25, -0.2) is 9.97 Å². The molecule has 1 N–H and O–H groups in total. The first-order chi connectivity index (χ1) is 10.4. The molecule has 0 radical (unpaired) electrons. The van der Waals surface area contributed by atoms with E-state index < -0.39 is 0 Å². The van der Waals surface area contributed by atoms with Gasteiger partial charge in [0.25, 0.3) is 0 Å². The van der Waals surface area contributed by atoms with Crippen LogP contribution >= 0.6 is 0 Å². The van der Waals surface area contributed by atoms with Crippen molar-refractivity contribution in [3.05, 3.63) is 42.9 Å². The van der Waals surface area contributed by atoms with Gasteiger partial charge in [0.1, 0.15) is 12.1 Å². The average Bonchev–Trinajstić information content (AvgIpc) is 3.10. The molecular weight excluding hydrogens is 262 g/mol. The van der Waals surface area contributed by atoms with Crippen molar-refractivity contribution in [3.63, 3.8) is 0 Å². The summed E-state index contributed by atoms with van der Waals surface area (Å²) >= 11 is 0. The third kappa shape index (κ3) is 2.63. The second-order valence-corrected chi connectivity index (χ2v) is 6.01. The lowest BCUT2D eigenvalue weighted by atomic mass is 10.0. The number of nitrogens with one attached hydrogen (secondary N) is 1. The van der Waals surface area contributed by atoms with E-state index in [2.05, 4.69) is 27.4 Å². The summed E-state index contributed by atoms with van der Waals surface area (Å²) in [6.45, 7) is 2.32. The van der Waals surface area contributed by atoms with Crippen LogP contribution in [0.5, 0.6) is 5.75 Å². The number of nitrogens with zero attached hydrogens (tertiary/aromatic N) is 2. The number of benzene rings is 1. The molecule has 2 heterocycles. The molecule has 2 aliphatic rings. The molecule has 21 heavy (non-hydrogen) atoms. The van der Waals surface area contributed by atoms with Crippen LogP contribution in [0.1, 0.15) is 12.8 Å². The van der Waals surface area contributed by atoms with Crippen LogP contribution in [-0.2, 0) is 0 Å². The highest BCUT2D eigenvalue weighted by atomic mass is 16.5. The molecule has 1 aliphatic carbocycles. The quantitative estimate of drug-likeness (QED) is 0.939. The van der Waals surface area contributed by atoms with Crippen molar-refractivity contribution in [2.24, 2.45) is 11.8 Å². The largest absolute Gasteiger partial charge is 0.490 e. The summed E-state index contributed by atoms with van der Waals surface area (Å²) in [6.07, 6.45) is 6.06. The van der Waals surface area contributed by atoms with Gasteiger partial charge in [-0.15, -0.1) is 0 Å². The highest BCUT2D eigenvalue weighted by Gasteiger charge is 2.38. The molecule has 3 atom stereocenters. The van der Waals surface area contributed by atoms with E-state index in [1.54, 1.807) is 12.5 Å². The van der Waals surface area contributed by atoms with Crippen molar-refractivity contribution >= 4 is 0 Å². The van der Waals surface area contributed by atoms with E-state index in [0.717, 1.165) is 41.9 Å². The Morgan fingerprint density at radius 3 is 2.71 bits per heavy atom. The zero-order valence-corrected chi connectivity index (χ0v) is 11.9. The van der Waals surface area contributed by atoms with E-state index in [1.807, 2.05) is 18.2 Å². The summed E-state index contributed by atoms with van der Waals surface area (Å²) in [5, 5.41) is 3.47. The minimum Gasteiger partial charge on any atom is -0.490 e. The fraction of sp³-hybridized carbons (Fsp3) is 0.412. The molecule has 2 aromatic rings. The molecule has 0 amide bonds. The molecule has 0 bridgehead atoms. The van der Waals surface area contributed by atoms with E-state index in [0.29, 0.717) is 6.10 Å². The molecule has 1 aromatic heterocycles. The lowest BCUT2D eigenvalue weighted by molar-refractivity contribution is 0.199. The van der Waals surface area contributed by atoms with Crippen LogP contribution < -0.4 is 10.1 Å². The minimum absolute atomic E-state index is 0.364. The van der Waals surface area contributed by atoms with E-state index in [1.165, 1.54) is 12.8 Å². The SMILES string of the molecule is c1cc(OC2C[C@H]3CNC[C@H]3C2)cc(-c2ccncn2)c1. The van der Waals surface area contributed by atoms with Gasteiger partial charge in [-0.05, 0) is 56.0 Å². The van der Waals surface area contributed by atoms with Gasteiger partial charge in [-0.1, -0.05) is 12.1 Å². The average molecular weight is 281 g/mol. The summed E-state index contributed by atoms with van der Waals surface area (Å²) in [5.41, 5.74) is 2.01. The van der Waals surface area contributed by atoms with Crippen molar-refractivity contribution in [1.29, 1.82) is 0 Å². The third-order valence-electron chi connectivity index (χ3n) is 4.63. The maximum Gasteiger partial charge on any atom is 0.120 e. The number of rotatable bonds is 3. The molecule has 1 saturated heterocycles. The Morgan fingerprint density at radius 1 is 1.10 bits per heavy atom. The Bertz CT molecular complexity index is 604. The lowest BCUT2D eigenvalue weighted by Gasteiger charge is -2.15. The van der Waals surface area contributed by atoms with Crippen molar-refractivity contribution in [1.82, 2.24) is 15.3 Å². The van der Waals surface area contributed by atoms with Crippen LogP contribution in [0.3, 0.4) is 0 Å². The Morgan fingerprint density at radius 2 is 1.95 bits per heavy atom. The second-order valence-electron chi connectivity index (χ2n) is 6.01. The Hall–Kier alpha value is -1.94. The monoisotopic (exact) mass is 281 g/mol. The molecule has 4 rings (SSSR count). The summed E-state index contributed by atoms with van der Waals surface area (Å²) in [5.74, 6) is 2.56. The van der Waals surface area contributed by atoms with Crippen LogP contribution in [0.4, 0.5) is 0 Å². The lowest BCUT2D eigenvalue weighted by Crippen LogP contribution is -2.18. The highest BCUT2D eigenvalue weighted by molar-refractivity contribution is 5.60. The smallest absolute Gasteiger partial charge is 0.120 e. The predicted octanol–water partition coefficient (Wildman–Crippen LogP) is 2.52. The molecule has 1 saturated carbocycles. The molecule has 108 valence electrons. The van der Waals surface area contributed by atoms with Crippen LogP contribution in [0, 0.1) is 11.8 Å². The first kappa shape index (κ1) is 12.8. The standard InChI is InChI=1S/C17H19N3O/c1-2-12(17-4-5-18-11-20-17)6-15(3-1)21-16-7-13-9-19-10-14(13)8-16/h1-6,11,13-14,16,19H,7-10H2/t13-,14+,16?. The van der Waals surface area contributed by atoms with Gasteiger partial charge in [0, 0.05) is 11.8 Å². The van der Waals surface area contributed by atoms with Gasteiger partial charge < -0.3 is 10.1 Å². The maximum absolute atomic E-state index is 6.20. The molecule has 4 heteroatoms. The number of ether oxygens (including phenoxy) is 1. The normalized spacial score (nSPS) is 27.5. The van der Waals surface area contributed by atoms with Crippen LogP contribution in [0.2, 0.25) is 0 Å². The maximum atomic E-state index is 6.20. The molecule has 1 unspecified atom stereocenters. The second kappa shape index (κ2) is 5.45. The fourth-order valence-corrected chi connectivity index (χ4v) is 3.59. The summed E-state index contributed by atoms with van der Waals surface area (Å²) in [4.78, 5) is 8.25. The van der Waals surface area contributed by atoms with E-state index >= 15 is 0 Å². The van der Waals surface area contributed by atoms with Gasteiger partial charge in [0.15, 0.2) is 0 Å². The molecule has 2 fully saturated rings. The Kier molecular flexibility index (Phi) is 3.31. The highest BCUT2D eigenvalue weighted by Crippen LogP contribution is 2.36. The van der Waals surface area contributed by atoms with Crippen LogP contribution in [-0.4, -0.2) is 29.2 Å². The van der Waals surface area contributed by atoms with Gasteiger partial charge in [0.05, 0.1) is 11.8 Å². The molecular formula is C17H19N3O. The van der Waals surface area contributed by atoms with Gasteiger partial charge in [-0.3, -0.25) is 0 Å². The number of fused-ring (bicyclic) bond motifs is 1. The third-order valence-corrected chi connectivity index (χ3v) is 4.63. The molecule has 4 nitrogen and oxygen atoms in total. The van der Waals surface area contributed by atoms with Crippen molar-refractivity contribution < 1.29 is 4.74 Å². The summed E-state index contributed by atoms with van der Waals surface area (Å²) in [6, 6.07) is 10.1. The topological polar surface area (TPSA) is 47.0 Å². The Labute approximate surface area is 124 Å².